The second-order valence-corrected chi connectivity index (χ2v) is 5.77. The van der Waals surface area contributed by atoms with Crippen LogP contribution in [0.5, 0.6) is 0 Å². The van der Waals surface area contributed by atoms with E-state index < -0.39 is 0 Å². The average Bonchev–Trinajstić information content (AvgIpc) is 1.93. The van der Waals surface area contributed by atoms with Crippen molar-refractivity contribution in [3.8, 4) is 0 Å². The fourth-order valence-corrected chi connectivity index (χ4v) is 1.10. The minimum Gasteiger partial charge on any atom is -0.307 e. The topological polar surface area (TPSA) is 24.4 Å². The van der Waals surface area contributed by atoms with Gasteiger partial charge in [-0.3, -0.25) is 4.99 Å². The van der Waals surface area contributed by atoms with Crippen LogP contribution in [0.4, 0.5) is 0 Å². The molecular weight excluding hydrogens is 172 g/mol. The Kier molecular flexibility index (Phi) is 4.79. The van der Waals surface area contributed by atoms with Gasteiger partial charge in [-0.2, -0.15) is 0 Å². The van der Waals surface area contributed by atoms with Gasteiger partial charge in [-0.1, -0.05) is 20.8 Å². The number of aliphatic imine (C=N–C) groups is 1. The maximum absolute atomic E-state index is 4.55. The highest BCUT2D eigenvalue weighted by Gasteiger charge is 2.20. The Bertz CT molecular complexity index is 191. The van der Waals surface area contributed by atoms with E-state index in [9.17, 15) is 0 Å². The molecule has 0 rings (SSSR count). The van der Waals surface area contributed by atoms with E-state index in [1.165, 1.54) is 5.71 Å². The van der Waals surface area contributed by atoms with E-state index in [-0.39, 0.29) is 11.0 Å². The molecule has 0 fully saturated rings. The lowest BCUT2D eigenvalue weighted by atomic mass is 9.89. The van der Waals surface area contributed by atoms with E-state index in [0.29, 0.717) is 0 Å². The minimum absolute atomic E-state index is 0.166. The summed E-state index contributed by atoms with van der Waals surface area (Å²) in [6, 6.07) is 0. The van der Waals surface area contributed by atoms with Crippen molar-refractivity contribution in [3.05, 3.63) is 0 Å². The zero-order chi connectivity index (χ0) is 11.4. The molecule has 0 bridgehead atoms. The molecule has 0 aromatic rings. The zero-order valence-corrected chi connectivity index (χ0v) is 10.9. The van der Waals surface area contributed by atoms with Gasteiger partial charge in [0, 0.05) is 29.8 Å². The molecule has 0 aliphatic carbocycles. The SMILES string of the molecule is CCN=C(CNC(C)(C)C)C(C)(C)C. The van der Waals surface area contributed by atoms with Crippen LogP contribution in [0.2, 0.25) is 0 Å². The summed E-state index contributed by atoms with van der Waals surface area (Å²) < 4.78 is 0. The third kappa shape index (κ3) is 6.14. The average molecular weight is 198 g/mol. The maximum atomic E-state index is 4.55. The summed E-state index contributed by atoms with van der Waals surface area (Å²) in [4.78, 5) is 4.55. The maximum Gasteiger partial charge on any atom is 0.0361 e. The van der Waals surface area contributed by atoms with Gasteiger partial charge in [-0.15, -0.1) is 0 Å². The molecule has 14 heavy (non-hydrogen) atoms. The van der Waals surface area contributed by atoms with Gasteiger partial charge in [0.05, 0.1) is 0 Å². The molecule has 84 valence electrons. The fraction of sp³-hybridized carbons (Fsp3) is 0.917. The molecule has 0 amide bonds. The highest BCUT2D eigenvalue weighted by atomic mass is 15.0. The molecule has 0 spiro atoms. The Hall–Kier alpha value is -0.370. The molecule has 2 nitrogen and oxygen atoms in total. The summed E-state index contributed by atoms with van der Waals surface area (Å²) in [6.07, 6.45) is 0. The fourth-order valence-electron chi connectivity index (χ4n) is 1.10. The summed E-state index contributed by atoms with van der Waals surface area (Å²) in [5.41, 5.74) is 1.60. The van der Waals surface area contributed by atoms with Crippen molar-refractivity contribution < 1.29 is 0 Å². The van der Waals surface area contributed by atoms with Crippen molar-refractivity contribution in [3.63, 3.8) is 0 Å². The Balaban J connectivity index is 4.35. The van der Waals surface area contributed by atoms with E-state index in [0.717, 1.165) is 13.1 Å². The van der Waals surface area contributed by atoms with Crippen molar-refractivity contribution in [2.45, 2.75) is 54.0 Å². The second kappa shape index (κ2) is 4.92. The van der Waals surface area contributed by atoms with Crippen LogP contribution in [-0.2, 0) is 0 Å². The van der Waals surface area contributed by atoms with E-state index in [1.807, 2.05) is 0 Å². The van der Waals surface area contributed by atoms with Gasteiger partial charge in [-0.05, 0) is 27.7 Å². The summed E-state index contributed by atoms with van der Waals surface area (Å²) in [6.45, 7) is 17.0. The van der Waals surface area contributed by atoms with Crippen LogP contribution in [-0.4, -0.2) is 24.3 Å². The van der Waals surface area contributed by atoms with E-state index in [4.69, 9.17) is 0 Å². The molecule has 0 saturated heterocycles. The quantitative estimate of drug-likeness (QED) is 0.693. The summed E-state index contributed by atoms with van der Waals surface area (Å²) in [5, 5.41) is 3.48. The first-order valence-corrected chi connectivity index (χ1v) is 5.45. The molecule has 0 atom stereocenters. The van der Waals surface area contributed by atoms with E-state index >= 15 is 0 Å². The lowest BCUT2D eigenvalue weighted by molar-refractivity contribution is 0.444. The van der Waals surface area contributed by atoms with Crippen molar-refractivity contribution >= 4 is 5.71 Å². The van der Waals surface area contributed by atoms with Crippen LogP contribution in [0.3, 0.4) is 0 Å². The molecule has 0 aromatic carbocycles. The third-order valence-corrected chi connectivity index (χ3v) is 2.00. The van der Waals surface area contributed by atoms with E-state index in [2.05, 4.69) is 58.8 Å². The number of rotatable bonds is 3. The van der Waals surface area contributed by atoms with Gasteiger partial charge in [0.15, 0.2) is 0 Å². The largest absolute Gasteiger partial charge is 0.307 e. The number of hydrogen-bond donors (Lipinski definition) is 1. The Labute approximate surface area is 89.2 Å². The first kappa shape index (κ1) is 13.6. The Morgan fingerprint density at radius 1 is 1.07 bits per heavy atom. The molecule has 0 saturated carbocycles. The molecule has 1 N–H and O–H groups in total. The van der Waals surface area contributed by atoms with E-state index in [1.54, 1.807) is 0 Å². The van der Waals surface area contributed by atoms with Crippen molar-refractivity contribution in [1.29, 1.82) is 0 Å². The highest BCUT2D eigenvalue weighted by Crippen LogP contribution is 2.16. The molecule has 0 aliphatic rings. The first-order chi connectivity index (χ1) is 6.17. The third-order valence-electron chi connectivity index (χ3n) is 2.00. The van der Waals surface area contributed by atoms with Crippen LogP contribution in [0.15, 0.2) is 4.99 Å². The van der Waals surface area contributed by atoms with Crippen molar-refractivity contribution in [2.75, 3.05) is 13.1 Å². The van der Waals surface area contributed by atoms with Gasteiger partial charge < -0.3 is 5.32 Å². The first-order valence-electron chi connectivity index (χ1n) is 5.45. The van der Waals surface area contributed by atoms with Crippen LogP contribution in [0.25, 0.3) is 0 Å². The number of hydrogen-bond acceptors (Lipinski definition) is 2. The highest BCUT2D eigenvalue weighted by molar-refractivity contribution is 5.91. The Morgan fingerprint density at radius 2 is 1.57 bits per heavy atom. The van der Waals surface area contributed by atoms with Gasteiger partial charge in [0.25, 0.3) is 0 Å². The predicted molar refractivity (Wildman–Crippen MR) is 65.2 cm³/mol. The van der Waals surface area contributed by atoms with Crippen LogP contribution >= 0.6 is 0 Å². The molecule has 0 aliphatic heterocycles. The predicted octanol–water partition coefficient (Wildman–Crippen LogP) is 2.88. The number of nitrogens with one attached hydrogen (secondary N) is 1. The molecule has 2 heteroatoms. The van der Waals surface area contributed by atoms with Crippen LogP contribution < -0.4 is 5.32 Å². The van der Waals surface area contributed by atoms with Gasteiger partial charge >= 0.3 is 0 Å². The standard InChI is InChI=1S/C12H26N2/c1-8-13-10(11(2,3)4)9-14-12(5,6)7/h14H,8-9H2,1-7H3. The van der Waals surface area contributed by atoms with Crippen LogP contribution in [0, 0.1) is 5.41 Å². The Morgan fingerprint density at radius 3 is 1.86 bits per heavy atom. The summed E-state index contributed by atoms with van der Waals surface area (Å²) in [7, 11) is 0. The smallest absolute Gasteiger partial charge is 0.0361 e. The lowest BCUT2D eigenvalue weighted by Gasteiger charge is -2.27. The number of nitrogens with zero attached hydrogens (tertiary/aromatic N) is 1. The minimum atomic E-state index is 0.166. The molecule has 0 unspecified atom stereocenters. The molecule has 0 aromatic heterocycles. The summed E-state index contributed by atoms with van der Waals surface area (Å²) in [5.74, 6) is 0. The van der Waals surface area contributed by atoms with Crippen molar-refractivity contribution in [1.82, 2.24) is 5.32 Å². The van der Waals surface area contributed by atoms with Gasteiger partial charge in [0.1, 0.15) is 0 Å². The van der Waals surface area contributed by atoms with Gasteiger partial charge in [-0.25, -0.2) is 0 Å². The zero-order valence-electron chi connectivity index (χ0n) is 10.9. The van der Waals surface area contributed by atoms with Crippen LogP contribution in [0.1, 0.15) is 48.5 Å². The second-order valence-electron chi connectivity index (χ2n) is 5.77. The van der Waals surface area contributed by atoms with Crippen molar-refractivity contribution in [2.24, 2.45) is 10.4 Å². The molecule has 0 heterocycles. The lowest BCUT2D eigenvalue weighted by Crippen LogP contribution is -2.42. The molecular formula is C12H26N2. The normalized spacial score (nSPS) is 14.6. The monoisotopic (exact) mass is 198 g/mol. The molecule has 0 radical (unpaired) electrons. The summed E-state index contributed by atoms with van der Waals surface area (Å²) >= 11 is 0. The van der Waals surface area contributed by atoms with Gasteiger partial charge in [0.2, 0.25) is 0 Å².